The molecule has 0 aromatic rings. The van der Waals surface area contributed by atoms with Crippen molar-refractivity contribution in [3.8, 4) is 0 Å². The summed E-state index contributed by atoms with van der Waals surface area (Å²) in [7, 11) is 0. The fourth-order valence-corrected chi connectivity index (χ4v) is 0.356. The molecule has 0 bridgehead atoms. The van der Waals surface area contributed by atoms with Gasteiger partial charge in [0, 0.05) is 0 Å². The fraction of sp³-hybridized carbons (Fsp3) is 0.833. The Hall–Kier alpha value is -0.600. The fourth-order valence-electron chi connectivity index (χ4n) is 0.356. The normalized spacial score (nSPS) is 19.4. The summed E-state index contributed by atoms with van der Waals surface area (Å²) in [5, 5.41) is 0. The van der Waals surface area contributed by atoms with Gasteiger partial charge in [-0.05, 0) is 12.8 Å². The quantitative estimate of drug-likeness (QED) is 0.569. The highest BCUT2D eigenvalue weighted by Crippen LogP contribution is 2.38. The Kier molecular flexibility index (Phi) is 2.62. The lowest BCUT2D eigenvalue weighted by atomic mass is 10.4. The molecule has 0 unspecified atom stereocenters. The molecule has 9 heavy (non-hydrogen) atoms. The number of carbonyl (C=O) groups excluding carboxylic acids is 1. The molecule has 0 aromatic carbocycles. The van der Waals surface area contributed by atoms with E-state index in [2.05, 4.69) is 5.73 Å². The predicted octanol–water partition coefficient (Wildman–Crippen LogP) is 1.00. The smallest absolute Gasteiger partial charge is 0.255 e. The zero-order valence-corrected chi connectivity index (χ0v) is 5.78. The van der Waals surface area contributed by atoms with Gasteiger partial charge in [-0.25, -0.2) is 4.39 Å². The molecule has 1 aliphatic carbocycles. The standard InChI is InChI=1S/C4H6FNO.C2H6/c5-4(1-2-4)3(6)7;1-2/h1-2H2,(H2,6,7);1-2H3. The monoisotopic (exact) mass is 133 g/mol. The van der Waals surface area contributed by atoms with E-state index in [-0.39, 0.29) is 0 Å². The molecular weight excluding hydrogens is 121 g/mol. The maximum absolute atomic E-state index is 12.1. The molecule has 2 nitrogen and oxygen atoms in total. The Morgan fingerprint density at radius 3 is 1.89 bits per heavy atom. The van der Waals surface area contributed by atoms with Gasteiger partial charge < -0.3 is 5.73 Å². The van der Waals surface area contributed by atoms with Crippen LogP contribution in [0.25, 0.3) is 0 Å². The lowest BCUT2D eigenvalue weighted by Crippen LogP contribution is -2.25. The van der Waals surface area contributed by atoms with Crippen molar-refractivity contribution in [2.45, 2.75) is 32.4 Å². The van der Waals surface area contributed by atoms with Crippen molar-refractivity contribution in [2.24, 2.45) is 5.73 Å². The Labute approximate surface area is 54.2 Å². The molecule has 1 aliphatic rings. The van der Waals surface area contributed by atoms with E-state index in [1.165, 1.54) is 0 Å². The maximum atomic E-state index is 12.1. The first kappa shape index (κ1) is 8.40. The SMILES string of the molecule is CC.NC(=O)C1(F)CC1. The summed E-state index contributed by atoms with van der Waals surface area (Å²) >= 11 is 0. The lowest BCUT2D eigenvalue weighted by molar-refractivity contribution is -0.124. The summed E-state index contributed by atoms with van der Waals surface area (Å²) in [4.78, 5) is 9.93. The minimum absolute atomic E-state index is 0.322. The van der Waals surface area contributed by atoms with Crippen LogP contribution in [0.2, 0.25) is 0 Å². The number of nitrogens with two attached hydrogens (primary N) is 1. The van der Waals surface area contributed by atoms with Crippen molar-refractivity contribution in [3.05, 3.63) is 0 Å². The zero-order chi connectivity index (χ0) is 7.49. The minimum atomic E-state index is -1.61. The summed E-state index contributed by atoms with van der Waals surface area (Å²) < 4.78 is 12.1. The number of hydrogen-bond donors (Lipinski definition) is 1. The number of alkyl halides is 1. The van der Waals surface area contributed by atoms with Gasteiger partial charge in [-0.3, -0.25) is 4.79 Å². The summed E-state index contributed by atoms with van der Waals surface area (Å²) in [6.07, 6.45) is 0.644. The van der Waals surface area contributed by atoms with Crippen molar-refractivity contribution in [1.29, 1.82) is 0 Å². The van der Waals surface area contributed by atoms with Gasteiger partial charge in [0.1, 0.15) is 0 Å². The molecule has 0 radical (unpaired) electrons. The van der Waals surface area contributed by atoms with E-state index >= 15 is 0 Å². The number of primary amides is 1. The average Bonchev–Trinajstić information content (AvgIpc) is 2.55. The highest BCUT2D eigenvalue weighted by atomic mass is 19.1. The molecule has 3 heteroatoms. The van der Waals surface area contributed by atoms with Gasteiger partial charge in [0.25, 0.3) is 5.91 Å². The minimum Gasteiger partial charge on any atom is -0.367 e. The van der Waals surface area contributed by atoms with E-state index in [0.29, 0.717) is 12.8 Å². The molecule has 0 aliphatic heterocycles. The molecule has 0 aromatic heterocycles. The Bertz CT molecular complexity index is 110. The van der Waals surface area contributed by atoms with E-state index in [1.807, 2.05) is 13.8 Å². The Morgan fingerprint density at radius 1 is 1.56 bits per heavy atom. The summed E-state index contributed by atoms with van der Waals surface area (Å²) in [5.74, 6) is -0.812. The largest absolute Gasteiger partial charge is 0.367 e. The predicted molar refractivity (Wildman–Crippen MR) is 33.6 cm³/mol. The van der Waals surface area contributed by atoms with Crippen LogP contribution in [0.5, 0.6) is 0 Å². The van der Waals surface area contributed by atoms with Gasteiger partial charge in [-0.2, -0.15) is 0 Å². The summed E-state index contributed by atoms with van der Waals surface area (Å²) in [6.45, 7) is 4.00. The van der Waals surface area contributed by atoms with Crippen molar-refractivity contribution in [3.63, 3.8) is 0 Å². The zero-order valence-electron chi connectivity index (χ0n) is 5.78. The molecule has 1 saturated carbocycles. The number of rotatable bonds is 1. The molecule has 54 valence electrons. The van der Waals surface area contributed by atoms with Gasteiger partial charge in [-0.15, -0.1) is 0 Å². The van der Waals surface area contributed by atoms with Crippen molar-refractivity contribution in [2.75, 3.05) is 0 Å². The maximum Gasteiger partial charge on any atom is 0.255 e. The van der Waals surface area contributed by atoms with Crippen LogP contribution in [0, 0.1) is 0 Å². The number of hydrogen-bond acceptors (Lipinski definition) is 1. The first-order chi connectivity index (χ1) is 4.15. The first-order valence-electron chi connectivity index (χ1n) is 3.14. The second-order valence-electron chi connectivity index (χ2n) is 1.83. The molecule has 0 atom stereocenters. The van der Waals surface area contributed by atoms with E-state index in [9.17, 15) is 9.18 Å². The number of amides is 1. The third-order valence-electron chi connectivity index (χ3n) is 1.13. The second kappa shape index (κ2) is 2.80. The Morgan fingerprint density at radius 2 is 1.89 bits per heavy atom. The van der Waals surface area contributed by atoms with E-state index in [0.717, 1.165) is 0 Å². The van der Waals surface area contributed by atoms with Crippen LogP contribution in [0.4, 0.5) is 4.39 Å². The van der Waals surface area contributed by atoms with Crippen LogP contribution in [0.1, 0.15) is 26.7 Å². The number of carbonyl (C=O) groups is 1. The highest BCUT2D eigenvalue weighted by molar-refractivity contribution is 5.86. The highest BCUT2D eigenvalue weighted by Gasteiger charge is 2.49. The van der Waals surface area contributed by atoms with Crippen molar-refractivity contribution >= 4 is 5.91 Å². The summed E-state index contributed by atoms with van der Waals surface area (Å²) in [6, 6.07) is 0. The molecule has 0 heterocycles. The first-order valence-corrected chi connectivity index (χ1v) is 3.14. The van der Waals surface area contributed by atoms with Crippen LogP contribution >= 0.6 is 0 Å². The molecule has 1 fully saturated rings. The van der Waals surface area contributed by atoms with E-state index in [4.69, 9.17) is 0 Å². The molecule has 2 N–H and O–H groups in total. The third-order valence-corrected chi connectivity index (χ3v) is 1.13. The van der Waals surface area contributed by atoms with Crippen LogP contribution in [0.15, 0.2) is 0 Å². The van der Waals surface area contributed by atoms with Gasteiger partial charge >= 0.3 is 0 Å². The number of halogens is 1. The van der Waals surface area contributed by atoms with E-state index in [1.54, 1.807) is 0 Å². The van der Waals surface area contributed by atoms with Gasteiger partial charge in [-0.1, -0.05) is 13.8 Å². The molecule has 1 amide bonds. The molecule has 0 saturated heterocycles. The van der Waals surface area contributed by atoms with Crippen LogP contribution < -0.4 is 5.73 Å². The van der Waals surface area contributed by atoms with Crippen molar-refractivity contribution in [1.82, 2.24) is 0 Å². The van der Waals surface area contributed by atoms with E-state index < -0.39 is 11.6 Å². The van der Waals surface area contributed by atoms with Gasteiger partial charge in [0.15, 0.2) is 5.67 Å². The molecule has 1 rings (SSSR count). The average molecular weight is 133 g/mol. The van der Waals surface area contributed by atoms with Crippen LogP contribution in [-0.2, 0) is 4.79 Å². The molecular formula is C6H12FNO. The topological polar surface area (TPSA) is 43.1 Å². The third kappa shape index (κ3) is 2.00. The summed E-state index contributed by atoms with van der Waals surface area (Å²) in [5.41, 5.74) is 3.01. The van der Waals surface area contributed by atoms with Gasteiger partial charge in [0.05, 0.1) is 0 Å². The van der Waals surface area contributed by atoms with Crippen LogP contribution in [-0.4, -0.2) is 11.6 Å². The second-order valence-corrected chi connectivity index (χ2v) is 1.83. The Balaban J connectivity index is 0.000000291. The molecule has 0 spiro atoms. The van der Waals surface area contributed by atoms with Crippen LogP contribution in [0.3, 0.4) is 0 Å². The van der Waals surface area contributed by atoms with Gasteiger partial charge in [0.2, 0.25) is 0 Å². The van der Waals surface area contributed by atoms with Crippen molar-refractivity contribution < 1.29 is 9.18 Å². The lowest BCUT2D eigenvalue weighted by Gasteiger charge is -1.91.